The van der Waals surface area contributed by atoms with Crippen LogP contribution in [0.5, 0.6) is 0 Å². The molecule has 2 aliphatic rings. The lowest BCUT2D eigenvalue weighted by Gasteiger charge is -2.37. The van der Waals surface area contributed by atoms with Crippen LogP contribution < -0.4 is 19.8 Å². The van der Waals surface area contributed by atoms with Gasteiger partial charge in [-0.25, -0.2) is 9.52 Å². The van der Waals surface area contributed by atoms with E-state index in [4.69, 9.17) is 11.6 Å². The summed E-state index contributed by atoms with van der Waals surface area (Å²) in [5.74, 6) is -0.177. The Labute approximate surface area is 355 Å². The van der Waals surface area contributed by atoms with Gasteiger partial charge in [-0.1, -0.05) is 54.1 Å². The zero-order valence-corrected chi connectivity index (χ0v) is 34.6. The molecule has 5 aromatic carbocycles. The van der Waals surface area contributed by atoms with Crippen molar-refractivity contribution in [1.82, 2.24) is 4.57 Å². The number of benzene rings is 5. The number of nitro benzene ring substituents is 1. The van der Waals surface area contributed by atoms with Gasteiger partial charge in [0.05, 0.1) is 27.9 Å². The van der Waals surface area contributed by atoms with Crippen LogP contribution in [-0.2, 0) is 24.3 Å². The van der Waals surface area contributed by atoms with E-state index < -0.39 is 22.3 Å². The summed E-state index contributed by atoms with van der Waals surface area (Å²) in [5.41, 5.74) is 7.74. The molecule has 302 valence electrons. The van der Waals surface area contributed by atoms with Crippen molar-refractivity contribution in [2.45, 2.75) is 35.6 Å². The summed E-state index contributed by atoms with van der Waals surface area (Å²) in [6, 6.07) is 38.2. The number of rotatable bonds is 14. The third-order valence-electron chi connectivity index (χ3n) is 10.8. The second-order valence-corrected chi connectivity index (χ2v) is 17.3. The topological polar surface area (TPSA) is 139 Å². The monoisotopic (exact) mass is 846 g/mol. The molecule has 0 aliphatic carbocycles. The van der Waals surface area contributed by atoms with Crippen molar-refractivity contribution in [3.63, 3.8) is 0 Å². The van der Waals surface area contributed by atoms with Gasteiger partial charge in [0.25, 0.3) is 5.69 Å². The van der Waals surface area contributed by atoms with Crippen molar-refractivity contribution in [1.29, 1.82) is 0 Å². The van der Waals surface area contributed by atoms with Crippen LogP contribution >= 0.6 is 23.4 Å². The molecule has 1 atom stereocenters. The first kappa shape index (κ1) is 40.2. The second-order valence-electron chi connectivity index (χ2n) is 14.4. The Bertz CT molecular complexity index is 2440. The van der Waals surface area contributed by atoms with E-state index >= 15 is 0 Å². The summed E-state index contributed by atoms with van der Waals surface area (Å²) in [4.78, 5) is 30.4. The Balaban J connectivity index is 0.909. The van der Waals surface area contributed by atoms with E-state index in [1.807, 2.05) is 91.0 Å². The molecule has 1 saturated heterocycles. The minimum absolute atomic E-state index is 0.125. The molecule has 6 aromatic rings. The SMILES string of the molecule is O=C(O)c1c(-c2cccc(N3CCN(c4ccc(N[S+]([O-])c5ccc(NCCSc6ccccc6)c([N+](=O)[O-])c5)cc4)CC3)c2)c(-c2ccc(Cl)cc2)n2c1CCCC2. The van der Waals surface area contributed by atoms with Gasteiger partial charge in [0.1, 0.15) is 17.0 Å². The lowest BCUT2D eigenvalue weighted by molar-refractivity contribution is -0.384. The van der Waals surface area contributed by atoms with E-state index in [1.165, 1.54) is 6.07 Å². The summed E-state index contributed by atoms with van der Waals surface area (Å²) in [5, 5.41) is 26.3. The predicted octanol–water partition coefficient (Wildman–Crippen LogP) is 10.1. The van der Waals surface area contributed by atoms with Gasteiger partial charge in [0, 0.05) is 77.6 Å². The van der Waals surface area contributed by atoms with Crippen molar-refractivity contribution in [3.8, 4) is 22.4 Å². The van der Waals surface area contributed by atoms with Crippen LogP contribution in [0.15, 0.2) is 131 Å². The highest BCUT2D eigenvalue weighted by atomic mass is 35.5. The minimum atomic E-state index is -1.72. The van der Waals surface area contributed by atoms with Crippen LogP contribution in [0.3, 0.4) is 0 Å². The number of hydrogen-bond acceptors (Lipinski definition) is 9. The standard InChI is InChI=1S/C45H43ClN6O5S2/c46-33-14-12-31(13-15-33)44-42(43(45(53)54)40-11-4-5-23-51(40)44)32-7-6-8-36(29-32)50-26-24-49(25-27-50)35-18-16-34(17-19-35)48-59(57)38-20-21-39(41(30-38)52(55)56)47-22-28-58-37-9-2-1-3-10-37/h1-3,6-10,12-21,29-30,47-48H,4-5,11,22-28H2,(H,53,54). The molecular weight excluding hydrogens is 804 g/mol. The molecule has 0 bridgehead atoms. The number of fused-ring (bicyclic) bond motifs is 1. The quantitative estimate of drug-likeness (QED) is 0.0319. The maximum Gasteiger partial charge on any atom is 0.338 e. The molecule has 11 nitrogen and oxygen atoms in total. The fraction of sp³-hybridized carbons (Fsp3) is 0.222. The van der Waals surface area contributed by atoms with Gasteiger partial charge in [-0.2, -0.15) is 0 Å². The Kier molecular flexibility index (Phi) is 12.3. The number of nitrogens with zero attached hydrogens (tertiary/aromatic N) is 4. The van der Waals surface area contributed by atoms with Crippen molar-refractivity contribution in [3.05, 3.63) is 148 Å². The molecule has 1 aromatic heterocycles. The number of hydrogen-bond donors (Lipinski definition) is 3. The molecule has 0 spiro atoms. The Morgan fingerprint density at radius 1 is 0.814 bits per heavy atom. The fourth-order valence-corrected chi connectivity index (χ4v) is 9.74. The van der Waals surface area contributed by atoms with Crippen molar-refractivity contribution >= 4 is 69.1 Å². The van der Waals surface area contributed by atoms with E-state index in [2.05, 4.69) is 36.5 Å². The Hall–Kier alpha value is -5.60. The normalized spacial score (nSPS) is 14.4. The third-order valence-corrected chi connectivity index (χ3v) is 13.1. The lowest BCUT2D eigenvalue weighted by Crippen LogP contribution is -2.46. The van der Waals surface area contributed by atoms with Crippen LogP contribution in [0.2, 0.25) is 5.02 Å². The summed E-state index contributed by atoms with van der Waals surface area (Å²) in [6.45, 7) is 4.39. The van der Waals surface area contributed by atoms with Crippen LogP contribution in [0.25, 0.3) is 22.4 Å². The zero-order chi connectivity index (χ0) is 40.9. The first-order valence-electron chi connectivity index (χ1n) is 19.6. The molecule has 3 heterocycles. The maximum absolute atomic E-state index is 13.3. The number of halogens is 1. The van der Waals surface area contributed by atoms with Gasteiger partial charge in [0.15, 0.2) is 4.90 Å². The Morgan fingerprint density at radius 3 is 2.25 bits per heavy atom. The number of aromatic nitrogens is 1. The summed E-state index contributed by atoms with van der Waals surface area (Å²) >= 11 is 6.20. The first-order valence-corrected chi connectivity index (χ1v) is 22.1. The average molecular weight is 847 g/mol. The van der Waals surface area contributed by atoms with Gasteiger partial charge in [-0.3, -0.25) is 10.1 Å². The number of piperazine rings is 1. The fourth-order valence-electron chi connectivity index (χ4n) is 7.94. The highest BCUT2D eigenvalue weighted by molar-refractivity contribution is 7.99. The van der Waals surface area contributed by atoms with E-state index in [1.54, 1.807) is 23.9 Å². The molecule has 2 aliphatic heterocycles. The number of aromatic carboxylic acids is 1. The molecule has 0 amide bonds. The summed E-state index contributed by atoms with van der Waals surface area (Å²) in [7, 11) is 0. The predicted molar refractivity (Wildman–Crippen MR) is 240 cm³/mol. The van der Waals surface area contributed by atoms with Crippen LogP contribution in [0.1, 0.15) is 28.9 Å². The van der Waals surface area contributed by atoms with Gasteiger partial charge in [0.2, 0.25) is 0 Å². The summed E-state index contributed by atoms with van der Waals surface area (Å²) in [6.07, 6.45) is 2.69. The third kappa shape index (κ3) is 9.03. The number of anilines is 4. The zero-order valence-electron chi connectivity index (χ0n) is 32.2. The lowest BCUT2D eigenvalue weighted by atomic mass is 9.95. The number of carboxylic acids is 1. The van der Waals surface area contributed by atoms with Crippen LogP contribution in [-0.4, -0.2) is 63.6 Å². The van der Waals surface area contributed by atoms with Gasteiger partial charge in [-0.05, 0) is 103 Å². The average Bonchev–Trinajstić information content (AvgIpc) is 3.62. The minimum Gasteiger partial charge on any atom is -0.588 e. The number of thioether (sulfide) groups is 1. The van der Waals surface area contributed by atoms with Gasteiger partial charge >= 0.3 is 5.97 Å². The van der Waals surface area contributed by atoms with E-state index in [9.17, 15) is 24.6 Å². The number of carboxylic acid groups (broad SMARTS) is 1. The first-order chi connectivity index (χ1) is 28.7. The molecule has 1 unspecified atom stereocenters. The van der Waals surface area contributed by atoms with E-state index in [0.29, 0.717) is 33.4 Å². The van der Waals surface area contributed by atoms with Crippen molar-refractivity contribution in [2.75, 3.05) is 58.3 Å². The molecule has 8 rings (SSSR count). The van der Waals surface area contributed by atoms with E-state index in [0.717, 1.165) is 102 Å². The largest absolute Gasteiger partial charge is 0.588 e. The van der Waals surface area contributed by atoms with Crippen molar-refractivity contribution < 1.29 is 19.4 Å². The second kappa shape index (κ2) is 18.1. The maximum atomic E-state index is 13.3. The number of carbonyl (C=O) groups is 1. The number of nitro groups is 1. The molecule has 14 heteroatoms. The molecular formula is C45H43ClN6O5S2. The molecule has 0 saturated carbocycles. The Morgan fingerprint density at radius 2 is 1.54 bits per heavy atom. The van der Waals surface area contributed by atoms with Crippen LogP contribution in [0.4, 0.5) is 28.4 Å². The smallest absolute Gasteiger partial charge is 0.338 e. The molecule has 59 heavy (non-hydrogen) atoms. The van der Waals surface area contributed by atoms with Crippen molar-refractivity contribution in [2.24, 2.45) is 0 Å². The molecule has 3 N–H and O–H groups in total. The molecule has 1 fully saturated rings. The number of nitrogens with one attached hydrogen (secondary N) is 2. The van der Waals surface area contributed by atoms with Crippen LogP contribution in [0, 0.1) is 10.1 Å². The highest BCUT2D eigenvalue weighted by Crippen LogP contribution is 2.43. The highest BCUT2D eigenvalue weighted by Gasteiger charge is 2.31. The molecule has 0 radical (unpaired) electrons. The van der Waals surface area contributed by atoms with Gasteiger partial charge < -0.3 is 29.3 Å². The van der Waals surface area contributed by atoms with Gasteiger partial charge in [-0.15, -0.1) is 11.8 Å². The summed E-state index contributed by atoms with van der Waals surface area (Å²) < 4.78 is 18.5. The van der Waals surface area contributed by atoms with E-state index in [-0.39, 0.29) is 5.69 Å².